The Kier molecular flexibility index (Phi) is 19.1. The van der Waals surface area contributed by atoms with E-state index in [0.717, 1.165) is 0 Å². The van der Waals surface area contributed by atoms with E-state index in [2.05, 4.69) is 16.0 Å². The Balaban J connectivity index is 2.07. The van der Waals surface area contributed by atoms with Gasteiger partial charge in [-0.25, -0.2) is 0 Å². The van der Waals surface area contributed by atoms with Crippen molar-refractivity contribution in [1.82, 2.24) is 16.0 Å². The summed E-state index contributed by atoms with van der Waals surface area (Å²) in [4.78, 5) is 35.2. The fourth-order valence-corrected chi connectivity index (χ4v) is 3.68. The third-order valence-electron chi connectivity index (χ3n) is 5.60. The highest BCUT2D eigenvalue weighted by Crippen LogP contribution is 2.23. The van der Waals surface area contributed by atoms with Crippen LogP contribution in [0.4, 0.5) is 0 Å². The SMILES string of the molecule is CC=COCCOCCOCCNC(=O)CNC(=O)CCCOCC[C@H]1O[C@H](CO)[C@H](O)[C@H](O)[C@H]1NC(C)=O. The second-order valence-corrected chi connectivity index (χ2v) is 8.80. The molecule has 1 aliphatic rings. The molecular weight excluding hydrogens is 518 g/mol. The number of hydrogen-bond acceptors (Lipinski definition) is 11. The molecule has 0 bridgehead atoms. The first-order chi connectivity index (χ1) is 18.8. The summed E-state index contributed by atoms with van der Waals surface area (Å²) in [7, 11) is 0. The maximum absolute atomic E-state index is 11.9. The molecule has 0 unspecified atom stereocenters. The Bertz CT molecular complexity index is 725. The average Bonchev–Trinajstić information content (AvgIpc) is 2.91. The van der Waals surface area contributed by atoms with E-state index in [4.69, 9.17) is 23.7 Å². The van der Waals surface area contributed by atoms with E-state index in [1.54, 1.807) is 12.3 Å². The summed E-state index contributed by atoms with van der Waals surface area (Å²) >= 11 is 0. The first-order valence-corrected chi connectivity index (χ1v) is 13.2. The van der Waals surface area contributed by atoms with Crippen LogP contribution in [0.3, 0.4) is 0 Å². The molecule has 0 aliphatic carbocycles. The van der Waals surface area contributed by atoms with Gasteiger partial charge in [-0.1, -0.05) is 6.08 Å². The quantitative estimate of drug-likeness (QED) is 0.0666. The van der Waals surface area contributed by atoms with Crippen LogP contribution >= 0.6 is 0 Å². The Morgan fingerprint density at radius 2 is 1.56 bits per heavy atom. The largest absolute Gasteiger partial charge is 0.499 e. The molecule has 226 valence electrons. The van der Waals surface area contributed by atoms with E-state index in [1.165, 1.54) is 6.92 Å². The van der Waals surface area contributed by atoms with Crippen LogP contribution in [-0.4, -0.2) is 129 Å². The lowest BCUT2D eigenvalue weighted by atomic mass is 9.91. The number of aliphatic hydroxyl groups excluding tert-OH is 3. The number of nitrogens with one attached hydrogen (secondary N) is 3. The van der Waals surface area contributed by atoms with Gasteiger partial charge in [0.1, 0.15) is 24.9 Å². The first kappa shape index (κ1) is 34.7. The van der Waals surface area contributed by atoms with Crippen molar-refractivity contribution >= 4 is 17.7 Å². The predicted molar refractivity (Wildman–Crippen MR) is 138 cm³/mol. The van der Waals surface area contributed by atoms with Crippen molar-refractivity contribution < 1.29 is 53.4 Å². The van der Waals surface area contributed by atoms with Crippen LogP contribution < -0.4 is 16.0 Å². The van der Waals surface area contributed by atoms with Crippen molar-refractivity contribution in [3.05, 3.63) is 12.3 Å². The Hall–Kier alpha value is -2.33. The highest BCUT2D eigenvalue weighted by atomic mass is 16.5. The molecule has 0 saturated carbocycles. The van der Waals surface area contributed by atoms with Gasteiger partial charge in [0.25, 0.3) is 0 Å². The maximum Gasteiger partial charge on any atom is 0.239 e. The average molecular weight is 564 g/mol. The number of carbonyl (C=O) groups is 3. The second kappa shape index (κ2) is 21.5. The van der Waals surface area contributed by atoms with Crippen LogP contribution in [0.15, 0.2) is 12.3 Å². The number of ether oxygens (including phenoxy) is 5. The van der Waals surface area contributed by atoms with Crippen LogP contribution in [0, 0.1) is 0 Å². The van der Waals surface area contributed by atoms with Crippen molar-refractivity contribution in [2.75, 3.05) is 65.9 Å². The molecule has 39 heavy (non-hydrogen) atoms. The van der Waals surface area contributed by atoms with Gasteiger partial charge in [-0.05, 0) is 19.8 Å². The van der Waals surface area contributed by atoms with Gasteiger partial charge in [-0.15, -0.1) is 0 Å². The summed E-state index contributed by atoms with van der Waals surface area (Å²) in [5, 5.41) is 37.4. The molecule has 14 heteroatoms. The summed E-state index contributed by atoms with van der Waals surface area (Å²) in [5.74, 6) is -1.00. The van der Waals surface area contributed by atoms with Crippen molar-refractivity contribution in [3.8, 4) is 0 Å². The van der Waals surface area contributed by atoms with Crippen LogP contribution in [0.2, 0.25) is 0 Å². The van der Waals surface area contributed by atoms with Crippen molar-refractivity contribution in [2.24, 2.45) is 0 Å². The van der Waals surface area contributed by atoms with Gasteiger partial charge < -0.3 is 55.0 Å². The van der Waals surface area contributed by atoms with Gasteiger partial charge >= 0.3 is 0 Å². The molecule has 1 saturated heterocycles. The van der Waals surface area contributed by atoms with Gasteiger partial charge in [-0.2, -0.15) is 0 Å². The van der Waals surface area contributed by atoms with Gasteiger partial charge in [-0.3, -0.25) is 14.4 Å². The molecule has 3 amide bonds. The van der Waals surface area contributed by atoms with Gasteiger partial charge in [0.05, 0.1) is 58.0 Å². The molecule has 1 rings (SSSR count). The summed E-state index contributed by atoms with van der Waals surface area (Å²) in [5.41, 5.74) is 0. The zero-order valence-corrected chi connectivity index (χ0v) is 22.8. The number of carbonyl (C=O) groups excluding carboxylic acids is 3. The Morgan fingerprint density at radius 3 is 2.26 bits per heavy atom. The molecule has 0 radical (unpaired) electrons. The van der Waals surface area contributed by atoms with E-state index >= 15 is 0 Å². The summed E-state index contributed by atoms with van der Waals surface area (Å²) in [6.07, 6.45) is 0.00653. The van der Waals surface area contributed by atoms with Crippen LogP contribution in [0.5, 0.6) is 0 Å². The maximum atomic E-state index is 11.9. The predicted octanol–water partition coefficient (Wildman–Crippen LogP) is -2.02. The monoisotopic (exact) mass is 563 g/mol. The first-order valence-electron chi connectivity index (χ1n) is 13.2. The fourth-order valence-electron chi connectivity index (χ4n) is 3.68. The molecule has 5 atom stereocenters. The van der Waals surface area contributed by atoms with E-state index in [9.17, 15) is 29.7 Å². The van der Waals surface area contributed by atoms with Crippen LogP contribution in [0.1, 0.15) is 33.1 Å². The number of allylic oxidation sites excluding steroid dienone is 1. The lowest BCUT2D eigenvalue weighted by molar-refractivity contribution is -0.198. The molecule has 0 aromatic rings. The molecule has 1 aliphatic heterocycles. The third-order valence-corrected chi connectivity index (χ3v) is 5.60. The zero-order valence-electron chi connectivity index (χ0n) is 22.8. The minimum atomic E-state index is -1.33. The molecule has 1 fully saturated rings. The summed E-state index contributed by atoms with van der Waals surface area (Å²) in [6.45, 7) is 5.43. The van der Waals surface area contributed by atoms with E-state index in [0.29, 0.717) is 52.4 Å². The molecular formula is C25H45N3O11. The highest BCUT2D eigenvalue weighted by molar-refractivity contribution is 5.84. The minimum Gasteiger partial charge on any atom is -0.499 e. The van der Waals surface area contributed by atoms with E-state index in [1.807, 2.05) is 6.92 Å². The highest BCUT2D eigenvalue weighted by Gasteiger charge is 2.44. The third kappa shape index (κ3) is 15.8. The number of rotatable bonds is 21. The van der Waals surface area contributed by atoms with Crippen LogP contribution in [-0.2, 0) is 38.1 Å². The lowest BCUT2D eigenvalue weighted by Gasteiger charge is -2.42. The zero-order chi connectivity index (χ0) is 28.9. The van der Waals surface area contributed by atoms with Gasteiger partial charge in [0.15, 0.2) is 0 Å². The number of amides is 3. The van der Waals surface area contributed by atoms with E-state index in [-0.39, 0.29) is 43.9 Å². The smallest absolute Gasteiger partial charge is 0.239 e. The van der Waals surface area contributed by atoms with Crippen molar-refractivity contribution in [2.45, 2.75) is 63.6 Å². The Labute approximate surface area is 229 Å². The summed E-state index contributed by atoms with van der Waals surface area (Å²) in [6, 6.07) is -0.847. The number of aliphatic hydroxyl groups is 3. The van der Waals surface area contributed by atoms with Crippen molar-refractivity contribution in [3.63, 3.8) is 0 Å². The summed E-state index contributed by atoms with van der Waals surface area (Å²) < 4.78 is 26.9. The molecule has 0 spiro atoms. The lowest BCUT2D eigenvalue weighted by Crippen LogP contribution is -2.64. The topological polar surface area (TPSA) is 194 Å². The van der Waals surface area contributed by atoms with E-state index < -0.39 is 37.1 Å². The molecule has 6 N–H and O–H groups in total. The fraction of sp³-hybridized carbons (Fsp3) is 0.800. The van der Waals surface area contributed by atoms with Gasteiger partial charge in [0, 0.05) is 33.1 Å². The van der Waals surface area contributed by atoms with Crippen molar-refractivity contribution in [1.29, 1.82) is 0 Å². The molecule has 0 aromatic carbocycles. The second-order valence-electron chi connectivity index (χ2n) is 8.80. The van der Waals surface area contributed by atoms with Crippen LogP contribution in [0.25, 0.3) is 0 Å². The molecule has 14 nitrogen and oxygen atoms in total. The minimum absolute atomic E-state index is 0.140. The Morgan fingerprint density at radius 1 is 0.872 bits per heavy atom. The number of hydrogen-bond donors (Lipinski definition) is 6. The van der Waals surface area contributed by atoms with Gasteiger partial charge in [0.2, 0.25) is 17.7 Å². The normalized spacial score (nSPS) is 22.9. The molecule has 1 heterocycles. The molecule has 0 aromatic heterocycles. The standard InChI is InChI=1S/C25H45N3O11/c1-3-8-35-12-14-38-15-13-37-11-7-26-22(32)16-27-21(31)5-4-9-36-10-6-19-23(28-18(2)30)25(34)24(33)20(17-29)39-19/h3,8,19-20,23-25,29,33-34H,4-7,9-17H2,1-2H3,(H,26,32)(H,27,31)(H,28,30)/t19-,20-,23+,24+,25-/m1/s1.